The molecule has 3 rings (SSSR count). The SMILES string of the molecule is CCOc1ccc(C(Cl)C2COc3ccccc32)cc1. The van der Waals surface area contributed by atoms with Gasteiger partial charge in [0.15, 0.2) is 0 Å². The number of alkyl halides is 1. The van der Waals surface area contributed by atoms with Gasteiger partial charge in [-0.1, -0.05) is 30.3 Å². The Labute approximate surface area is 124 Å². The average molecular weight is 289 g/mol. The zero-order chi connectivity index (χ0) is 13.9. The van der Waals surface area contributed by atoms with Crippen LogP contribution in [-0.4, -0.2) is 13.2 Å². The molecular weight excluding hydrogens is 272 g/mol. The van der Waals surface area contributed by atoms with Crippen molar-refractivity contribution in [1.29, 1.82) is 0 Å². The van der Waals surface area contributed by atoms with Crippen LogP contribution in [0.4, 0.5) is 0 Å². The Morgan fingerprint density at radius 2 is 1.95 bits per heavy atom. The molecular formula is C17H17ClO2. The number of hydrogen-bond donors (Lipinski definition) is 0. The minimum Gasteiger partial charge on any atom is -0.494 e. The molecule has 0 saturated heterocycles. The van der Waals surface area contributed by atoms with Crippen LogP contribution in [0.3, 0.4) is 0 Å². The first-order valence-corrected chi connectivity index (χ1v) is 7.32. The highest BCUT2D eigenvalue weighted by Crippen LogP contribution is 2.44. The number of benzene rings is 2. The number of para-hydroxylation sites is 1. The molecule has 1 aliphatic rings. The predicted molar refractivity (Wildman–Crippen MR) is 80.9 cm³/mol. The van der Waals surface area contributed by atoms with Gasteiger partial charge in [0.05, 0.1) is 18.6 Å². The van der Waals surface area contributed by atoms with Crippen molar-refractivity contribution in [1.82, 2.24) is 0 Å². The summed E-state index contributed by atoms with van der Waals surface area (Å²) in [6, 6.07) is 16.1. The fraction of sp³-hybridized carbons (Fsp3) is 0.294. The Morgan fingerprint density at radius 3 is 2.70 bits per heavy atom. The van der Waals surface area contributed by atoms with E-state index in [1.807, 2.05) is 49.4 Å². The van der Waals surface area contributed by atoms with Crippen molar-refractivity contribution in [3.8, 4) is 11.5 Å². The molecule has 2 atom stereocenters. The molecule has 2 nitrogen and oxygen atoms in total. The van der Waals surface area contributed by atoms with Crippen molar-refractivity contribution in [3.63, 3.8) is 0 Å². The van der Waals surface area contributed by atoms with Crippen LogP contribution in [0.5, 0.6) is 11.5 Å². The maximum atomic E-state index is 6.65. The summed E-state index contributed by atoms with van der Waals surface area (Å²) in [7, 11) is 0. The summed E-state index contributed by atoms with van der Waals surface area (Å²) in [4.78, 5) is 0. The maximum absolute atomic E-state index is 6.65. The highest BCUT2D eigenvalue weighted by Gasteiger charge is 2.30. The zero-order valence-electron chi connectivity index (χ0n) is 11.4. The second-order valence-electron chi connectivity index (χ2n) is 4.86. The average Bonchev–Trinajstić information content (AvgIpc) is 2.92. The van der Waals surface area contributed by atoms with Crippen LogP contribution in [0.1, 0.15) is 29.3 Å². The lowest BCUT2D eigenvalue weighted by Gasteiger charge is -2.17. The Morgan fingerprint density at radius 1 is 1.20 bits per heavy atom. The van der Waals surface area contributed by atoms with Gasteiger partial charge < -0.3 is 9.47 Å². The first kappa shape index (κ1) is 13.3. The molecule has 0 fully saturated rings. The number of rotatable bonds is 4. The molecule has 1 aliphatic heterocycles. The molecule has 104 valence electrons. The molecule has 0 radical (unpaired) electrons. The van der Waals surface area contributed by atoms with Crippen LogP contribution in [-0.2, 0) is 0 Å². The Hall–Kier alpha value is -1.67. The van der Waals surface area contributed by atoms with E-state index in [-0.39, 0.29) is 11.3 Å². The van der Waals surface area contributed by atoms with Crippen molar-refractivity contribution in [3.05, 3.63) is 59.7 Å². The third-order valence-corrected chi connectivity index (χ3v) is 4.16. The summed E-state index contributed by atoms with van der Waals surface area (Å²) in [5.41, 5.74) is 2.29. The predicted octanol–water partition coefficient (Wildman–Crippen LogP) is 4.54. The van der Waals surface area contributed by atoms with E-state index in [0.29, 0.717) is 13.2 Å². The summed E-state index contributed by atoms with van der Waals surface area (Å²) in [6.45, 7) is 3.29. The standard InChI is InChI=1S/C17H17ClO2/c1-2-19-13-9-7-12(8-10-13)17(18)15-11-20-16-6-4-3-5-14(15)16/h3-10,15,17H,2,11H2,1H3. The van der Waals surface area contributed by atoms with Gasteiger partial charge in [-0.25, -0.2) is 0 Å². The largest absolute Gasteiger partial charge is 0.494 e. The second-order valence-corrected chi connectivity index (χ2v) is 5.33. The first-order valence-electron chi connectivity index (χ1n) is 6.88. The Bertz CT molecular complexity index is 580. The van der Waals surface area contributed by atoms with E-state index >= 15 is 0 Å². The molecule has 2 unspecified atom stereocenters. The van der Waals surface area contributed by atoms with Crippen molar-refractivity contribution < 1.29 is 9.47 Å². The Kier molecular flexibility index (Phi) is 3.83. The molecule has 0 N–H and O–H groups in total. The number of ether oxygens (including phenoxy) is 2. The lowest BCUT2D eigenvalue weighted by atomic mass is 9.93. The monoisotopic (exact) mass is 288 g/mol. The maximum Gasteiger partial charge on any atom is 0.122 e. The van der Waals surface area contributed by atoms with Gasteiger partial charge in [-0.3, -0.25) is 0 Å². The topological polar surface area (TPSA) is 18.5 Å². The summed E-state index contributed by atoms with van der Waals surface area (Å²) in [5.74, 6) is 2.03. The van der Waals surface area contributed by atoms with Gasteiger partial charge in [0.25, 0.3) is 0 Å². The van der Waals surface area contributed by atoms with E-state index < -0.39 is 0 Å². The molecule has 3 heteroatoms. The molecule has 0 aromatic heterocycles. The van der Waals surface area contributed by atoms with Crippen LogP contribution in [0.2, 0.25) is 0 Å². The van der Waals surface area contributed by atoms with Gasteiger partial charge >= 0.3 is 0 Å². The van der Waals surface area contributed by atoms with E-state index in [2.05, 4.69) is 6.07 Å². The quantitative estimate of drug-likeness (QED) is 0.769. The highest BCUT2D eigenvalue weighted by molar-refractivity contribution is 6.21. The van der Waals surface area contributed by atoms with E-state index in [1.165, 1.54) is 5.56 Å². The normalized spacial score (nSPS) is 18.2. The summed E-state index contributed by atoms with van der Waals surface area (Å²) >= 11 is 6.65. The van der Waals surface area contributed by atoms with Gasteiger partial charge in [0.1, 0.15) is 11.5 Å². The highest BCUT2D eigenvalue weighted by atomic mass is 35.5. The van der Waals surface area contributed by atoms with Crippen molar-refractivity contribution in [2.75, 3.05) is 13.2 Å². The van der Waals surface area contributed by atoms with Crippen LogP contribution in [0, 0.1) is 0 Å². The van der Waals surface area contributed by atoms with Gasteiger partial charge in [-0.05, 0) is 30.7 Å². The third-order valence-electron chi connectivity index (χ3n) is 3.60. The smallest absolute Gasteiger partial charge is 0.122 e. The summed E-state index contributed by atoms with van der Waals surface area (Å²) in [6.07, 6.45) is 0. The van der Waals surface area contributed by atoms with E-state index in [9.17, 15) is 0 Å². The van der Waals surface area contributed by atoms with Crippen LogP contribution in [0.15, 0.2) is 48.5 Å². The van der Waals surface area contributed by atoms with Crippen molar-refractivity contribution >= 4 is 11.6 Å². The van der Waals surface area contributed by atoms with Crippen molar-refractivity contribution in [2.24, 2.45) is 0 Å². The van der Waals surface area contributed by atoms with Crippen LogP contribution < -0.4 is 9.47 Å². The van der Waals surface area contributed by atoms with Crippen LogP contribution in [0.25, 0.3) is 0 Å². The fourth-order valence-corrected chi connectivity index (χ4v) is 2.93. The van der Waals surface area contributed by atoms with Gasteiger partial charge in [-0.15, -0.1) is 11.6 Å². The van der Waals surface area contributed by atoms with Gasteiger partial charge in [0.2, 0.25) is 0 Å². The molecule has 1 heterocycles. The summed E-state index contributed by atoms with van der Waals surface area (Å²) in [5, 5.41) is -0.0886. The molecule has 2 aromatic carbocycles. The molecule has 0 bridgehead atoms. The molecule has 0 aliphatic carbocycles. The fourth-order valence-electron chi connectivity index (χ4n) is 2.58. The number of halogens is 1. The number of hydrogen-bond acceptors (Lipinski definition) is 2. The molecule has 20 heavy (non-hydrogen) atoms. The first-order chi connectivity index (χ1) is 9.79. The van der Waals surface area contributed by atoms with Gasteiger partial charge in [0, 0.05) is 11.5 Å². The van der Waals surface area contributed by atoms with E-state index in [1.54, 1.807) is 0 Å². The zero-order valence-corrected chi connectivity index (χ0v) is 12.1. The molecule has 0 spiro atoms. The molecule has 0 saturated carbocycles. The van der Waals surface area contributed by atoms with Gasteiger partial charge in [-0.2, -0.15) is 0 Å². The van der Waals surface area contributed by atoms with E-state index in [0.717, 1.165) is 17.1 Å². The second kappa shape index (κ2) is 5.76. The minimum atomic E-state index is -0.0886. The Balaban J connectivity index is 1.81. The lowest BCUT2D eigenvalue weighted by Crippen LogP contribution is -2.08. The van der Waals surface area contributed by atoms with Crippen LogP contribution >= 0.6 is 11.6 Å². The lowest BCUT2D eigenvalue weighted by molar-refractivity contribution is 0.327. The molecule has 0 amide bonds. The molecule has 2 aromatic rings. The van der Waals surface area contributed by atoms with Crippen molar-refractivity contribution in [2.45, 2.75) is 18.2 Å². The van der Waals surface area contributed by atoms with E-state index in [4.69, 9.17) is 21.1 Å². The number of fused-ring (bicyclic) bond motifs is 1. The minimum absolute atomic E-state index is 0.0886. The summed E-state index contributed by atoms with van der Waals surface area (Å²) < 4.78 is 11.2. The third kappa shape index (κ3) is 2.48.